The van der Waals surface area contributed by atoms with Crippen LogP contribution in [0, 0.1) is 23.7 Å². The summed E-state index contributed by atoms with van der Waals surface area (Å²) < 4.78 is -1.36. The van der Waals surface area contributed by atoms with Crippen LogP contribution in [0.4, 0.5) is 0 Å². The van der Waals surface area contributed by atoms with Crippen LogP contribution in [0.1, 0.15) is 12.8 Å². The zero-order valence-electron chi connectivity index (χ0n) is 9.45. The second-order valence-corrected chi connectivity index (χ2v) is 10.5. The Kier molecular flexibility index (Phi) is 2.98. The quantitative estimate of drug-likeness (QED) is 0.323. The zero-order chi connectivity index (χ0) is 14.0. The van der Waals surface area contributed by atoms with Gasteiger partial charge in [-0.1, -0.05) is 62.3 Å². The van der Waals surface area contributed by atoms with Crippen LogP contribution in [0.5, 0.6) is 0 Å². The summed E-state index contributed by atoms with van der Waals surface area (Å²) in [6.45, 7) is 0. The Morgan fingerprint density at radius 1 is 0.895 bits per heavy atom. The molecule has 4 aliphatic rings. The summed E-state index contributed by atoms with van der Waals surface area (Å²) in [5.41, 5.74) is 0. The predicted molar refractivity (Wildman–Crippen MR) is 86.2 cm³/mol. The monoisotopic (exact) mass is 442 g/mol. The second-order valence-electron chi connectivity index (χ2n) is 6.09. The van der Waals surface area contributed by atoms with E-state index in [1.165, 1.54) is 0 Å². The van der Waals surface area contributed by atoms with Gasteiger partial charge in [0.15, 0.2) is 4.33 Å². The minimum Gasteiger partial charge on any atom is -0.109 e. The van der Waals surface area contributed by atoms with Crippen molar-refractivity contribution >= 4 is 85.5 Å². The van der Waals surface area contributed by atoms with Crippen molar-refractivity contribution in [3.8, 4) is 0 Å². The molecule has 0 aliphatic heterocycles. The molecule has 7 atom stereocenters. The zero-order valence-corrected chi connectivity index (χ0v) is 15.6. The first-order chi connectivity index (χ1) is 8.69. The Bertz CT molecular complexity index is 518. The SMILES string of the molecule is ClC1=C(Cl)[C@@]2(Cl)[C@H]3[C@H]4C[C@H]([C@H]3[C@@]1(Cl)C2(Cl)Cl)[C@H](Br)C4. The lowest BCUT2D eigenvalue weighted by Gasteiger charge is -2.41. The van der Waals surface area contributed by atoms with E-state index in [1.807, 2.05) is 0 Å². The van der Waals surface area contributed by atoms with Gasteiger partial charge in [-0.2, -0.15) is 0 Å². The van der Waals surface area contributed by atoms with Crippen molar-refractivity contribution in [2.24, 2.45) is 23.7 Å². The minimum absolute atomic E-state index is 0.0831. The van der Waals surface area contributed by atoms with Gasteiger partial charge in [0.25, 0.3) is 0 Å². The first kappa shape index (κ1) is 14.5. The number of fused-ring (bicyclic) bond motifs is 9. The standard InChI is InChI=1S/C12H9BrCl6/c13-5-2-3-1-4(5)7-6(3)10(16)8(14)9(15)11(7,17)12(10,18)19/h3-7H,1-2H2/t3-,4-,5+,6-,7+,10-,11-/m0/s1. The van der Waals surface area contributed by atoms with E-state index >= 15 is 0 Å². The van der Waals surface area contributed by atoms with E-state index in [-0.39, 0.29) is 11.8 Å². The molecule has 0 nitrogen and oxygen atoms in total. The highest BCUT2D eigenvalue weighted by Crippen LogP contribution is 2.82. The van der Waals surface area contributed by atoms with Crippen molar-refractivity contribution in [3.05, 3.63) is 10.1 Å². The summed E-state index contributed by atoms with van der Waals surface area (Å²) in [6, 6.07) is 0. The predicted octanol–water partition coefficient (Wildman–Crippen LogP) is 5.87. The smallest absolute Gasteiger partial charge is 0.109 e. The van der Waals surface area contributed by atoms with Crippen molar-refractivity contribution < 1.29 is 0 Å². The van der Waals surface area contributed by atoms with Crippen LogP contribution in [0.15, 0.2) is 10.1 Å². The van der Waals surface area contributed by atoms with E-state index in [0.29, 0.717) is 26.7 Å². The maximum atomic E-state index is 6.84. The first-order valence-electron chi connectivity index (χ1n) is 6.15. The molecule has 3 saturated carbocycles. The van der Waals surface area contributed by atoms with Gasteiger partial charge in [0, 0.05) is 4.83 Å². The lowest BCUT2D eigenvalue weighted by molar-refractivity contribution is 0.226. The summed E-state index contributed by atoms with van der Waals surface area (Å²) in [5.74, 6) is 1.05. The Morgan fingerprint density at radius 2 is 1.42 bits per heavy atom. The van der Waals surface area contributed by atoms with E-state index in [1.54, 1.807) is 0 Å². The summed E-state index contributed by atoms with van der Waals surface area (Å²) >= 11 is 43.3. The van der Waals surface area contributed by atoms with Crippen LogP contribution < -0.4 is 0 Å². The highest BCUT2D eigenvalue weighted by molar-refractivity contribution is 9.09. The number of halogens is 7. The third-order valence-electron chi connectivity index (χ3n) is 5.59. The van der Waals surface area contributed by atoms with Gasteiger partial charge in [-0.05, 0) is 36.5 Å². The van der Waals surface area contributed by atoms with Gasteiger partial charge in [-0.3, -0.25) is 0 Å². The Labute approximate surface area is 150 Å². The molecule has 4 aliphatic carbocycles. The molecule has 0 aromatic rings. The third kappa shape index (κ3) is 1.24. The maximum Gasteiger partial charge on any atom is 0.166 e. The molecule has 0 unspecified atom stereocenters. The molecule has 3 fully saturated rings. The first-order valence-corrected chi connectivity index (χ1v) is 9.33. The van der Waals surface area contributed by atoms with Gasteiger partial charge < -0.3 is 0 Å². The van der Waals surface area contributed by atoms with Crippen LogP contribution in [-0.2, 0) is 0 Å². The van der Waals surface area contributed by atoms with Gasteiger partial charge in [0.1, 0.15) is 9.75 Å². The maximum absolute atomic E-state index is 6.84. The highest BCUT2D eigenvalue weighted by Gasteiger charge is 2.86. The fourth-order valence-electron chi connectivity index (χ4n) is 4.97. The lowest BCUT2D eigenvalue weighted by Crippen LogP contribution is -2.46. The van der Waals surface area contributed by atoms with Crippen LogP contribution >= 0.6 is 85.5 Å². The van der Waals surface area contributed by atoms with Crippen molar-refractivity contribution in [2.75, 3.05) is 0 Å². The number of hydrogen-bond acceptors (Lipinski definition) is 0. The Balaban J connectivity index is 1.99. The van der Waals surface area contributed by atoms with E-state index in [9.17, 15) is 0 Å². The molecule has 0 radical (unpaired) electrons. The Morgan fingerprint density at radius 3 is 2.00 bits per heavy atom. The summed E-state index contributed by atoms with van der Waals surface area (Å²) in [5, 5.41) is 0.681. The van der Waals surface area contributed by atoms with E-state index < -0.39 is 14.1 Å². The van der Waals surface area contributed by atoms with E-state index in [2.05, 4.69) is 15.9 Å². The fourth-order valence-corrected chi connectivity index (χ4v) is 9.14. The van der Waals surface area contributed by atoms with Crippen LogP contribution in [-0.4, -0.2) is 18.9 Å². The topological polar surface area (TPSA) is 0 Å². The second kappa shape index (κ2) is 3.89. The molecular weight excluding hydrogens is 437 g/mol. The summed E-state index contributed by atoms with van der Waals surface area (Å²) in [7, 11) is 0. The largest absolute Gasteiger partial charge is 0.166 e. The number of allylic oxidation sites excluding steroid dienone is 2. The summed E-state index contributed by atoms with van der Waals surface area (Å²) in [4.78, 5) is -1.68. The van der Waals surface area contributed by atoms with Gasteiger partial charge >= 0.3 is 0 Å². The average Bonchev–Trinajstić information content (AvgIpc) is 2.95. The van der Waals surface area contributed by atoms with Gasteiger partial charge in [0.05, 0.1) is 10.1 Å². The van der Waals surface area contributed by atoms with Gasteiger partial charge in [-0.25, -0.2) is 0 Å². The molecule has 4 rings (SSSR count). The van der Waals surface area contributed by atoms with E-state index in [4.69, 9.17) is 69.6 Å². The molecule has 0 spiro atoms. The van der Waals surface area contributed by atoms with Crippen LogP contribution in [0.25, 0.3) is 0 Å². The van der Waals surface area contributed by atoms with Gasteiger partial charge in [0.2, 0.25) is 0 Å². The molecular formula is C12H9BrCl6. The van der Waals surface area contributed by atoms with Crippen LogP contribution in [0.2, 0.25) is 0 Å². The van der Waals surface area contributed by atoms with Crippen molar-refractivity contribution in [3.63, 3.8) is 0 Å². The van der Waals surface area contributed by atoms with Crippen molar-refractivity contribution in [2.45, 2.75) is 31.8 Å². The van der Waals surface area contributed by atoms with Crippen molar-refractivity contribution in [1.82, 2.24) is 0 Å². The third-order valence-corrected chi connectivity index (χ3v) is 10.9. The normalized spacial score (nSPS) is 61.1. The molecule has 106 valence electrons. The number of hydrogen-bond donors (Lipinski definition) is 0. The molecule has 0 saturated heterocycles. The number of rotatable bonds is 0. The lowest BCUT2D eigenvalue weighted by atomic mass is 9.72. The molecule has 19 heavy (non-hydrogen) atoms. The average molecular weight is 446 g/mol. The molecule has 4 bridgehead atoms. The molecule has 0 amide bonds. The highest BCUT2D eigenvalue weighted by atomic mass is 79.9. The number of alkyl halides is 5. The molecule has 0 heterocycles. The molecule has 0 N–H and O–H groups in total. The van der Waals surface area contributed by atoms with Gasteiger partial charge in [-0.15, -0.1) is 23.2 Å². The van der Waals surface area contributed by atoms with E-state index in [0.717, 1.165) is 12.8 Å². The molecule has 0 aromatic heterocycles. The van der Waals surface area contributed by atoms with Crippen molar-refractivity contribution in [1.29, 1.82) is 0 Å². The summed E-state index contributed by atoms with van der Waals surface area (Å²) in [6.07, 6.45) is 2.16. The fraction of sp³-hybridized carbons (Fsp3) is 0.833. The van der Waals surface area contributed by atoms with Crippen LogP contribution in [0.3, 0.4) is 0 Å². The minimum atomic E-state index is -1.36. The molecule has 7 heteroatoms. The molecule has 0 aromatic carbocycles. The Hall–Kier alpha value is 1.96.